The molecule has 3 nitrogen and oxygen atoms in total. The van der Waals surface area contributed by atoms with Crippen LogP contribution in [0.3, 0.4) is 0 Å². The molecule has 0 spiro atoms. The molecule has 1 aromatic carbocycles. The Kier molecular flexibility index (Phi) is 2.82. The Morgan fingerprint density at radius 1 is 1.35 bits per heavy atom. The number of fused-ring (bicyclic) bond motifs is 1. The number of benzene rings is 1. The van der Waals surface area contributed by atoms with Gasteiger partial charge < -0.3 is 10.2 Å². The summed E-state index contributed by atoms with van der Waals surface area (Å²) in [6.07, 6.45) is 6.25. The third-order valence-electron chi connectivity index (χ3n) is 3.47. The lowest BCUT2D eigenvalue weighted by molar-refractivity contribution is 0.449. The van der Waals surface area contributed by atoms with Crippen LogP contribution >= 0.6 is 15.9 Å². The first-order valence-electron chi connectivity index (χ1n) is 6.07. The molecule has 2 N–H and O–H groups in total. The number of oxazole rings is 1. The summed E-state index contributed by atoms with van der Waals surface area (Å²) in [4.78, 5) is 4.52. The van der Waals surface area contributed by atoms with Gasteiger partial charge in [0.1, 0.15) is 5.52 Å². The van der Waals surface area contributed by atoms with Crippen LogP contribution in [0.15, 0.2) is 21.0 Å². The van der Waals surface area contributed by atoms with E-state index in [0.29, 0.717) is 5.69 Å². The largest absolute Gasteiger partial charge is 0.439 e. The molecule has 1 heterocycles. The quantitative estimate of drug-likeness (QED) is 0.855. The number of nitrogen functional groups attached to an aromatic ring is 1. The van der Waals surface area contributed by atoms with Crippen molar-refractivity contribution in [2.24, 2.45) is 5.92 Å². The predicted octanol–water partition coefficient (Wildman–Crippen LogP) is 3.91. The highest BCUT2D eigenvalue weighted by Gasteiger charge is 2.19. The number of hydrogen-bond acceptors (Lipinski definition) is 3. The van der Waals surface area contributed by atoms with Gasteiger partial charge in [0, 0.05) is 10.9 Å². The van der Waals surface area contributed by atoms with E-state index in [1.807, 2.05) is 12.1 Å². The third kappa shape index (κ3) is 2.18. The molecular formula is C13H15BrN2O. The minimum atomic E-state index is 0.652. The van der Waals surface area contributed by atoms with Crippen molar-refractivity contribution in [2.75, 3.05) is 5.73 Å². The lowest BCUT2D eigenvalue weighted by atomic mass is 10.0. The molecular weight excluding hydrogens is 280 g/mol. The minimum Gasteiger partial charge on any atom is -0.439 e. The predicted molar refractivity (Wildman–Crippen MR) is 71.8 cm³/mol. The van der Waals surface area contributed by atoms with Crippen molar-refractivity contribution in [1.29, 1.82) is 0 Å². The van der Waals surface area contributed by atoms with Crippen LogP contribution in [0.2, 0.25) is 0 Å². The molecule has 0 atom stereocenters. The fourth-order valence-corrected chi connectivity index (χ4v) is 3.08. The standard InChI is InChI=1S/C13H15BrN2O/c14-9-6-10(15)13-11(7-9)16-12(17-13)5-8-3-1-2-4-8/h6-8H,1-5,15H2. The highest BCUT2D eigenvalue weighted by molar-refractivity contribution is 9.10. The maximum absolute atomic E-state index is 5.91. The molecule has 1 fully saturated rings. The molecule has 1 aliphatic rings. The second-order valence-corrected chi connectivity index (χ2v) is 5.72. The van der Waals surface area contributed by atoms with E-state index in [1.165, 1.54) is 25.7 Å². The van der Waals surface area contributed by atoms with Crippen molar-refractivity contribution in [3.63, 3.8) is 0 Å². The van der Waals surface area contributed by atoms with E-state index >= 15 is 0 Å². The molecule has 3 rings (SSSR count). The van der Waals surface area contributed by atoms with Crippen LogP contribution in [-0.2, 0) is 6.42 Å². The molecule has 1 aromatic heterocycles. The summed E-state index contributed by atoms with van der Waals surface area (Å²) >= 11 is 3.42. The first-order valence-corrected chi connectivity index (χ1v) is 6.86. The van der Waals surface area contributed by atoms with Gasteiger partial charge in [0.2, 0.25) is 0 Å². The van der Waals surface area contributed by atoms with Gasteiger partial charge in [-0.3, -0.25) is 0 Å². The van der Waals surface area contributed by atoms with Gasteiger partial charge in [-0.1, -0.05) is 28.8 Å². The van der Waals surface area contributed by atoms with Gasteiger partial charge in [0.25, 0.3) is 0 Å². The summed E-state index contributed by atoms with van der Waals surface area (Å²) in [5.74, 6) is 1.57. The molecule has 0 aliphatic heterocycles. The van der Waals surface area contributed by atoms with Crippen LogP contribution in [0, 0.1) is 5.92 Å². The van der Waals surface area contributed by atoms with Crippen molar-refractivity contribution in [2.45, 2.75) is 32.1 Å². The first kappa shape index (κ1) is 11.1. The Bertz CT molecular complexity index is 544. The summed E-state index contributed by atoms with van der Waals surface area (Å²) in [5, 5.41) is 0. The van der Waals surface area contributed by atoms with Crippen LogP contribution in [0.5, 0.6) is 0 Å². The number of anilines is 1. The monoisotopic (exact) mass is 294 g/mol. The molecule has 0 amide bonds. The number of halogens is 1. The average Bonchev–Trinajstić information content (AvgIpc) is 2.87. The Balaban J connectivity index is 1.93. The topological polar surface area (TPSA) is 52.0 Å². The van der Waals surface area contributed by atoms with Gasteiger partial charge in [0.15, 0.2) is 11.5 Å². The molecule has 1 saturated carbocycles. The summed E-state index contributed by atoms with van der Waals surface area (Å²) in [5.41, 5.74) is 8.14. The third-order valence-corrected chi connectivity index (χ3v) is 3.92. The van der Waals surface area contributed by atoms with Crippen molar-refractivity contribution in [3.8, 4) is 0 Å². The molecule has 1 aliphatic carbocycles. The smallest absolute Gasteiger partial charge is 0.195 e. The fraction of sp³-hybridized carbons (Fsp3) is 0.462. The summed E-state index contributed by atoms with van der Waals surface area (Å²) in [6, 6.07) is 3.81. The number of nitrogens with zero attached hydrogens (tertiary/aromatic N) is 1. The number of rotatable bonds is 2. The van der Waals surface area contributed by atoms with Crippen molar-refractivity contribution < 1.29 is 4.42 Å². The van der Waals surface area contributed by atoms with Crippen LogP contribution in [-0.4, -0.2) is 4.98 Å². The van der Waals surface area contributed by atoms with Crippen LogP contribution in [0.4, 0.5) is 5.69 Å². The van der Waals surface area contributed by atoms with Crippen LogP contribution < -0.4 is 5.73 Å². The van der Waals surface area contributed by atoms with E-state index < -0.39 is 0 Å². The molecule has 17 heavy (non-hydrogen) atoms. The van der Waals surface area contributed by atoms with Gasteiger partial charge >= 0.3 is 0 Å². The zero-order chi connectivity index (χ0) is 11.8. The maximum Gasteiger partial charge on any atom is 0.195 e. The van der Waals surface area contributed by atoms with Gasteiger partial charge in [0.05, 0.1) is 5.69 Å². The van der Waals surface area contributed by atoms with E-state index in [9.17, 15) is 0 Å². The molecule has 2 aromatic rings. The zero-order valence-corrected chi connectivity index (χ0v) is 11.2. The Morgan fingerprint density at radius 3 is 2.88 bits per heavy atom. The van der Waals surface area contributed by atoms with E-state index in [-0.39, 0.29) is 0 Å². The van der Waals surface area contributed by atoms with Gasteiger partial charge in [-0.2, -0.15) is 0 Å². The molecule has 0 radical (unpaired) electrons. The number of nitrogens with two attached hydrogens (primary N) is 1. The molecule has 4 heteroatoms. The van der Waals surface area contributed by atoms with E-state index in [0.717, 1.165) is 33.8 Å². The number of hydrogen-bond donors (Lipinski definition) is 1. The first-order chi connectivity index (χ1) is 8.22. The van der Waals surface area contributed by atoms with Crippen LogP contribution in [0.25, 0.3) is 11.1 Å². The van der Waals surface area contributed by atoms with Gasteiger partial charge in [-0.05, 0) is 30.9 Å². The normalized spacial score (nSPS) is 17.0. The van der Waals surface area contributed by atoms with E-state index in [4.69, 9.17) is 10.2 Å². The Labute approximate surface area is 109 Å². The number of aromatic nitrogens is 1. The Morgan fingerprint density at radius 2 is 2.12 bits per heavy atom. The Hall–Kier alpha value is -1.03. The summed E-state index contributed by atoms with van der Waals surface area (Å²) < 4.78 is 6.71. The average molecular weight is 295 g/mol. The highest BCUT2D eigenvalue weighted by Crippen LogP contribution is 2.31. The van der Waals surface area contributed by atoms with Gasteiger partial charge in [-0.15, -0.1) is 0 Å². The van der Waals surface area contributed by atoms with Gasteiger partial charge in [-0.25, -0.2) is 4.98 Å². The summed E-state index contributed by atoms with van der Waals surface area (Å²) in [6.45, 7) is 0. The lowest BCUT2D eigenvalue weighted by Crippen LogP contribution is -1.98. The zero-order valence-electron chi connectivity index (χ0n) is 9.58. The maximum atomic E-state index is 5.91. The molecule has 0 unspecified atom stereocenters. The van der Waals surface area contributed by atoms with Crippen molar-refractivity contribution in [3.05, 3.63) is 22.5 Å². The van der Waals surface area contributed by atoms with E-state index in [1.54, 1.807) is 0 Å². The molecule has 90 valence electrons. The second-order valence-electron chi connectivity index (χ2n) is 4.81. The SMILES string of the molecule is Nc1cc(Br)cc2nc(CC3CCCC3)oc12. The lowest BCUT2D eigenvalue weighted by Gasteiger charge is -2.03. The fourth-order valence-electron chi connectivity index (χ4n) is 2.62. The highest BCUT2D eigenvalue weighted by atomic mass is 79.9. The summed E-state index contributed by atoms with van der Waals surface area (Å²) in [7, 11) is 0. The minimum absolute atomic E-state index is 0.652. The van der Waals surface area contributed by atoms with Crippen molar-refractivity contribution in [1.82, 2.24) is 4.98 Å². The molecule has 0 saturated heterocycles. The van der Waals surface area contributed by atoms with Crippen molar-refractivity contribution >= 4 is 32.7 Å². The van der Waals surface area contributed by atoms with Crippen LogP contribution in [0.1, 0.15) is 31.6 Å². The second kappa shape index (κ2) is 4.33. The van der Waals surface area contributed by atoms with E-state index in [2.05, 4.69) is 20.9 Å². The molecule has 0 bridgehead atoms.